The summed E-state index contributed by atoms with van der Waals surface area (Å²) in [4.78, 5) is 4.81. The number of nitrogens with zero attached hydrogens (tertiary/aromatic N) is 1. The molecule has 1 unspecified atom stereocenters. The zero-order valence-corrected chi connectivity index (χ0v) is 6.27. The second-order valence-electron chi connectivity index (χ2n) is 1.86. The third-order valence-electron chi connectivity index (χ3n) is 1.12. The second-order valence-corrected chi connectivity index (χ2v) is 2.96. The third kappa shape index (κ3) is 1.34. The van der Waals surface area contributed by atoms with Crippen LogP contribution < -0.4 is 11.5 Å². The molecule has 1 atom stereocenters. The molecule has 3 nitrogen and oxygen atoms in total. The van der Waals surface area contributed by atoms with Crippen LogP contribution in [0, 0.1) is 0 Å². The number of rotatable bonds is 2. The minimum atomic E-state index is -0.130. The molecule has 54 valence electrons. The summed E-state index contributed by atoms with van der Waals surface area (Å²) in [5.74, 6) is 0. The van der Waals surface area contributed by atoms with Gasteiger partial charge in [0.2, 0.25) is 0 Å². The number of nitrogen functional groups attached to an aromatic ring is 1. The smallest absolute Gasteiger partial charge is 0.180 e. The van der Waals surface area contributed by atoms with E-state index in [1.165, 1.54) is 11.3 Å². The summed E-state index contributed by atoms with van der Waals surface area (Å²) in [7, 11) is 0. The number of nitrogens with two attached hydrogens (primary N) is 2. The van der Waals surface area contributed by atoms with Gasteiger partial charge in [-0.05, 0) is 0 Å². The van der Waals surface area contributed by atoms with Gasteiger partial charge in [0.15, 0.2) is 5.13 Å². The Balaban J connectivity index is 2.84. The van der Waals surface area contributed by atoms with Crippen LogP contribution in [0.4, 0.5) is 5.13 Å². The molecule has 10 heavy (non-hydrogen) atoms. The first kappa shape index (κ1) is 7.24. The van der Waals surface area contributed by atoms with Gasteiger partial charge in [-0.3, -0.25) is 0 Å². The number of hydrogen-bond donors (Lipinski definition) is 2. The summed E-state index contributed by atoms with van der Waals surface area (Å²) in [6.07, 6.45) is 3.33. The van der Waals surface area contributed by atoms with Gasteiger partial charge in [0.1, 0.15) is 0 Å². The molecule has 1 aromatic heterocycles. The van der Waals surface area contributed by atoms with Crippen molar-refractivity contribution in [2.45, 2.75) is 6.04 Å². The zero-order chi connectivity index (χ0) is 7.56. The van der Waals surface area contributed by atoms with Crippen molar-refractivity contribution in [2.24, 2.45) is 5.73 Å². The Morgan fingerprint density at radius 2 is 2.50 bits per heavy atom. The van der Waals surface area contributed by atoms with Gasteiger partial charge in [0.05, 0.1) is 6.04 Å². The van der Waals surface area contributed by atoms with E-state index in [1.807, 2.05) is 0 Å². The zero-order valence-electron chi connectivity index (χ0n) is 5.45. The molecule has 1 aromatic rings. The van der Waals surface area contributed by atoms with E-state index in [0.717, 1.165) is 4.88 Å². The summed E-state index contributed by atoms with van der Waals surface area (Å²) in [5, 5.41) is 0.548. The van der Waals surface area contributed by atoms with E-state index < -0.39 is 0 Å². The summed E-state index contributed by atoms with van der Waals surface area (Å²) >= 11 is 1.39. The Kier molecular flexibility index (Phi) is 2.03. The van der Waals surface area contributed by atoms with E-state index in [1.54, 1.807) is 12.3 Å². The van der Waals surface area contributed by atoms with E-state index >= 15 is 0 Å². The van der Waals surface area contributed by atoms with Crippen LogP contribution in [0.15, 0.2) is 18.9 Å². The topological polar surface area (TPSA) is 64.9 Å². The Labute approximate surface area is 63.4 Å². The van der Waals surface area contributed by atoms with Gasteiger partial charge in [-0.15, -0.1) is 17.9 Å². The molecule has 4 heteroatoms. The number of thiazole rings is 1. The first-order chi connectivity index (χ1) is 4.74. The van der Waals surface area contributed by atoms with Crippen molar-refractivity contribution in [1.29, 1.82) is 0 Å². The standard InChI is InChI=1S/C6H9N3S/c1-2-4(7)5-3-9-6(8)10-5/h2-4H,1,7H2,(H2,8,9). The van der Waals surface area contributed by atoms with Gasteiger partial charge in [0.25, 0.3) is 0 Å². The summed E-state index contributed by atoms with van der Waals surface area (Å²) in [5.41, 5.74) is 11.0. The minimum absolute atomic E-state index is 0.130. The average molecular weight is 155 g/mol. The molecule has 1 heterocycles. The Bertz CT molecular complexity index is 231. The van der Waals surface area contributed by atoms with Crippen molar-refractivity contribution in [2.75, 3.05) is 5.73 Å². The summed E-state index contributed by atoms with van der Waals surface area (Å²) in [6, 6.07) is -0.130. The molecule has 0 fully saturated rings. The predicted molar refractivity (Wildman–Crippen MR) is 43.7 cm³/mol. The van der Waals surface area contributed by atoms with Crippen molar-refractivity contribution in [3.8, 4) is 0 Å². The van der Waals surface area contributed by atoms with Gasteiger partial charge >= 0.3 is 0 Å². The van der Waals surface area contributed by atoms with Crippen LogP contribution in [-0.2, 0) is 0 Å². The molecule has 0 aromatic carbocycles. The minimum Gasteiger partial charge on any atom is -0.375 e. The first-order valence-corrected chi connectivity index (χ1v) is 3.65. The number of aromatic nitrogens is 1. The largest absolute Gasteiger partial charge is 0.375 e. The maximum absolute atomic E-state index is 5.60. The van der Waals surface area contributed by atoms with Gasteiger partial charge in [-0.25, -0.2) is 4.98 Å². The lowest BCUT2D eigenvalue weighted by atomic mass is 10.3. The molecule has 1 rings (SSSR count). The molecule has 0 radical (unpaired) electrons. The first-order valence-electron chi connectivity index (χ1n) is 2.83. The van der Waals surface area contributed by atoms with Crippen molar-refractivity contribution in [3.63, 3.8) is 0 Å². The van der Waals surface area contributed by atoms with Crippen LogP contribution in [0.1, 0.15) is 10.9 Å². The normalized spacial score (nSPS) is 12.9. The fourth-order valence-electron chi connectivity index (χ4n) is 0.571. The lowest BCUT2D eigenvalue weighted by Gasteiger charge is -1.97. The number of hydrogen-bond acceptors (Lipinski definition) is 4. The van der Waals surface area contributed by atoms with Crippen LogP contribution in [0.5, 0.6) is 0 Å². The molecule has 0 aliphatic rings. The molecule has 0 saturated heterocycles. The molecule has 0 aliphatic carbocycles. The third-order valence-corrected chi connectivity index (χ3v) is 2.05. The average Bonchev–Trinajstić information content (AvgIpc) is 2.34. The molecule has 0 saturated carbocycles. The van der Waals surface area contributed by atoms with Crippen LogP contribution in [0.3, 0.4) is 0 Å². The van der Waals surface area contributed by atoms with Crippen molar-refractivity contribution >= 4 is 16.5 Å². The molecular formula is C6H9N3S. The lowest BCUT2D eigenvalue weighted by molar-refractivity contribution is 0.935. The molecular weight excluding hydrogens is 146 g/mol. The Morgan fingerprint density at radius 1 is 1.80 bits per heavy atom. The highest BCUT2D eigenvalue weighted by molar-refractivity contribution is 7.15. The van der Waals surface area contributed by atoms with E-state index in [2.05, 4.69) is 11.6 Å². The molecule has 4 N–H and O–H groups in total. The van der Waals surface area contributed by atoms with Gasteiger partial charge in [-0.2, -0.15) is 0 Å². The van der Waals surface area contributed by atoms with E-state index in [4.69, 9.17) is 11.5 Å². The molecule has 0 spiro atoms. The number of anilines is 1. The van der Waals surface area contributed by atoms with Crippen LogP contribution >= 0.6 is 11.3 Å². The SMILES string of the molecule is C=CC(N)c1cnc(N)s1. The molecule has 0 amide bonds. The van der Waals surface area contributed by atoms with Crippen molar-refractivity contribution in [3.05, 3.63) is 23.7 Å². The Morgan fingerprint density at radius 3 is 2.90 bits per heavy atom. The maximum Gasteiger partial charge on any atom is 0.180 e. The van der Waals surface area contributed by atoms with Crippen LogP contribution in [-0.4, -0.2) is 4.98 Å². The summed E-state index contributed by atoms with van der Waals surface area (Å²) < 4.78 is 0. The quantitative estimate of drug-likeness (QED) is 0.624. The van der Waals surface area contributed by atoms with Crippen molar-refractivity contribution in [1.82, 2.24) is 4.98 Å². The van der Waals surface area contributed by atoms with Crippen LogP contribution in [0.2, 0.25) is 0 Å². The highest BCUT2D eigenvalue weighted by Crippen LogP contribution is 2.20. The maximum atomic E-state index is 5.60. The Hall–Kier alpha value is -0.870. The lowest BCUT2D eigenvalue weighted by Crippen LogP contribution is -2.03. The van der Waals surface area contributed by atoms with Gasteiger partial charge in [-0.1, -0.05) is 6.08 Å². The van der Waals surface area contributed by atoms with E-state index in [0.29, 0.717) is 5.13 Å². The van der Waals surface area contributed by atoms with E-state index in [-0.39, 0.29) is 6.04 Å². The fraction of sp³-hybridized carbons (Fsp3) is 0.167. The summed E-state index contributed by atoms with van der Waals surface area (Å²) in [6.45, 7) is 3.56. The molecule has 0 aliphatic heterocycles. The predicted octanol–water partition coefficient (Wildman–Crippen LogP) is 0.911. The second kappa shape index (κ2) is 2.81. The fourth-order valence-corrected chi connectivity index (χ4v) is 1.26. The highest BCUT2D eigenvalue weighted by Gasteiger charge is 2.03. The molecule has 0 bridgehead atoms. The van der Waals surface area contributed by atoms with Crippen molar-refractivity contribution < 1.29 is 0 Å². The van der Waals surface area contributed by atoms with Crippen LogP contribution in [0.25, 0.3) is 0 Å². The van der Waals surface area contributed by atoms with Gasteiger partial charge < -0.3 is 11.5 Å². The highest BCUT2D eigenvalue weighted by atomic mass is 32.1. The monoisotopic (exact) mass is 155 g/mol. The van der Waals surface area contributed by atoms with E-state index in [9.17, 15) is 0 Å². The van der Waals surface area contributed by atoms with Gasteiger partial charge in [0, 0.05) is 11.1 Å².